The van der Waals surface area contributed by atoms with Crippen LogP contribution < -0.4 is 14.4 Å². The Balaban J connectivity index is 1.86. The van der Waals surface area contributed by atoms with Crippen LogP contribution in [0.4, 0.5) is 10.1 Å². The van der Waals surface area contributed by atoms with Gasteiger partial charge in [-0.3, -0.25) is 9.59 Å². The van der Waals surface area contributed by atoms with E-state index in [2.05, 4.69) is 15.9 Å². The molecule has 4 rings (SSSR count). The molecule has 2 aliphatic heterocycles. The molecule has 0 spiro atoms. The number of benzene rings is 1. The van der Waals surface area contributed by atoms with Gasteiger partial charge in [0.1, 0.15) is 18.9 Å². The van der Waals surface area contributed by atoms with Crippen LogP contribution in [0.15, 0.2) is 21.7 Å². The van der Waals surface area contributed by atoms with E-state index in [4.69, 9.17) is 9.47 Å². The molecule has 23 heavy (non-hydrogen) atoms. The second kappa shape index (κ2) is 5.33. The molecule has 0 aromatic heterocycles. The summed E-state index contributed by atoms with van der Waals surface area (Å²) >= 11 is 3.22. The Bertz CT molecular complexity index is 746. The molecule has 0 saturated carbocycles. The minimum atomic E-state index is -0.692. The molecule has 0 bridgehead atoms. The van der Waals surface area contributed by atoms with E-state index in [1.165, 1.54) is 6.07 Å². The number of carbonyl (C=O) groups is 2. The molecule has 0 saturated heterocycles. The number of rotatable bonds is 1. The predicted octanol–water partition coefficient (Wildman–Crippen LogP) is 3.10. The normalized spacial score (nSPS) is 20.2. The maximum atomic E-state index is 14.6. The maximum absolute atomic E-state index is 14.6. The van der Waals surface area contributed by atoms with E-state index >= 15 is 0 Å². The standard InChI is InChI=1S/C16H13BrFNO4/c17-10-7-11(18)12(14-13(10)22-5-6-23-14)19-15(20)8-3-1-2-4-9(8)16(19)21/h7H,1-6H2. The molecular weight excluding hydrogens is 369 g/mol. The number of hydrogen-bond acceptors (Lipinski definition) is 4. The average molecular weight is 382 g/mol. The van der Waals surface area contributed by atoms with Crippen molar-refractivity contribution in [1.29, 1.82) is 0 Å². The average Bonchev–Trinajstić information content (AvgIpc) is 2.81. The van der Waals surface area contributed by atoms with Gasteiger partial charge in [0, 0.05) is 11.1 Å². The lowest BCUT2D eigenvalue weighted by Gasteiger charge is -2.26. The number of amides is 2. The zero-order valence-electron chi connectivity index (χ0n) is 12.2. The third-order valence-electron chi connectivity index (χ3n) is 4.31. The zero-order chi connectivity index (χ0) is 16.1. The van der Waals surface area contributed by atoms with E-state index in [-0.39, 0.29) is 18.0 Å². The minimum Gasteiger partial charge on any atom is -0.485 e. The number of halogens is 2. The fraction of sp³-hybridized carbons (Fsp3) is 0.375. The van der Waals surface area contributed by atoms with E-state index in [1.54, 1.807) is 0 Å². The van der Waals surface area contributed by atoms with E-state index in [1.807, 2.05) is 0 Å². The number of ether oxygens (including phenoxy) is 2. The SMILES string of the molecule is O=C1C2=C(CCCC2)C(=O)N1c1c(F)cc(Br)c2c1OCCO2. The Morgan fingerprint density at radius 1 is 1.00 bits per heavy atom. The molecule has 2 heterocycles. The molecule has 0 N–H and O–H groups in total. The first-order valence-corrected chi connectivity index (χ1v) is 8.27. The van der Waals surface area contributed by atoms with Crippen LogP contribution in [0.5, 0.6) is 11.5 Å². The topological polar surface area (TPSA) is 55.8 Å². The van der Waals surface area contributed by atoms with Crippen molar-refractivity contribution >= 4 is 33.4 Å². The molecule has 0 radical (unpaired) electrons. The summed E-state index contributed by atoms with van der Waals surface area (Å²) in [5, 5.41) is 0. The van der Waals surface area contributed by atoms with Crippen LogP contribution in [0.2, 0.25) is 0 Å². The van der Waals surface area contributed by atoms with E-state index < -0.39 is 17.6 Å². The fourth-order valence-corrected chi connectivity index (χ4v) is 3.77. The van der Waals surface area contributed by atoms with Crippen molar-refractivity contribution in [3.05, 3.63) is 27.5 Å². The molecule has 0 atom stereocenters. The molecule has 0 fully saturated rings. The Morgan fingerprint density at radius 3 is 2.17 bits per heavy atom. The van der Waals surface area contributed by atoms with Gasteiger partial charge in [0.25, 0.3) is 11.8 Å². The number of nitrogens with zero attached hydrogens (tertiary/aromatic N) is 1. The number of carbonyl (C=O) groups excluding carboxylic acids is 2. The van der Waals surface area contributed by atoms with Crippen molar-refractivity contribution in [1.82, 2.24) is 0 Å². The van der Waals surface area contributed by atoms with Gasteiger partial charge in [-0.1, -0.05) is 0 Å². The van der Waals surface area contributed by atoms with Gasteiger partial charge in [0.2, 0.25) is 0 Å². The predicted molar refractivity (Wildman–Crippen MR) is 83.1 cm³/mol. The first-order valence-electron chi connectivity index (χ1n) is 7.48. The summed E-state index contributed by atoms with van der Waals surface area (Å²) in [6.45, 7) is 0.562. The highest BCUT2D eigenvalue weighted by Crippen LogP contribution is 2.48. The third-order valence-corrected chi connectivity index (χ3v) is 4.90. The number of hydrogen-bond donors (Lipinski definition) is 0. The summed E-state index contributed by atoms with van der Waals surface area (Å²) < 4.78 is 26.0. The molecule has 7 heteroatoms. The number of fused-ring (bicyclic) bond motifs is 1. The summed E-state index contributed by atoms with van der Waals surface area (Å²) in [5.74, 6) is -1.16. The first-order chi connectivity index (χ1) is 11.1. The zero-order valence-corrected chi connectivity index (χ0v) is 13.7. The third kappa shape index (κ3) is 2.09. The van der Waals surface area contributed by atoms with Gasteiger partial charge in [0.05, 0.1) is 4.47 Å². The highest BCUT2D eigenvalue weighted by atomic mass is 79.9. The van der Waals surface area contributed by atoms with Crippen LogP contribution >= 0.6 is 15.9 Å². The lowest BCUT2D eigenvalue weighted by Crippen LogP contribution is -2.33. The number of anilines is 1. The highest BCUT2D eigenvalue weighted by molar-refractivity contribution is 9.10. The Kier molecular flexibility index (Phi) is 3.41. The van der Waals surface area contributed by atoms with E-state index in [0.717, 1.165) is 17.7 Å². The summed E-state index contributed by atoms with van der Waals surface area (Å²) in [6, 6.07) is 1.20. The fourth-order valence-electron chi connectivity index (χ4n) is 3.28. The molecule has 3 aliphatic rings. The maximum Gasteiger partial charge on any atom is 0.261 e. The van der Waals surface area contributed by atoms with Gasteiger partial charge in [0.15, 0.2) is 17.3 Å². The summed E-state index contributed by atoms with van der Waals surface area (Å²) in [6.07, 6.45) is 2.86. The van der Waals surface area contributed by atoms with Crippen LogP contribution in [0.25, 0.3) is 0 Å². The largest absolute Gasteiger partial charge is 0.485 e. The van der Waals surface area contributed by atoms with Crippen molar-refractivity contribution in [2.75, 3.05) is 18.1 Å². The molecule has 120 valence electrons. The summed E-state index contributed by atoms with van der Waals surface area (Å²) in [7, 11) is 0. The van der Waals surface area contributed by atoms with Gasteiger partial charge < -0.3 is 9.47 Å². The van der Waals surface area contributed by atoms with E-state index in [0.29, 0.717) is 40.8 Å². The van der Waals surface area contributed by atoms with Crippen molar-refractivity contribution in [2.45, 2.75) is 25.7 Å². The van der Waals surface area contributed by atoms with E-state index in [9.17, 15) is 14.0 Å². The summed E-state index contributed by atoms with van der Waals surface area (Å²) in [4.78, 5) is 26.2. The quantitative estimate of drug-likeness (QED) is 0.701. The van der Waals surface area contributed by atoms with Gasteiger partial charge in [-0.25, -0.2) is 9.29 Å². The van der Waals surface area contributed by atoms with Gasteiger partial charge in [-0.2, -0.15) is 0 Å². The van der Waals surface area contributed by atoms with Crippen LogP contribution in [0.1, 0.15) is 25.7 Å². The number of imide groups is 1. The highest BCUT2D eigenvalue weighted by Gasteiger charge is 2.43. The van der Waals surface area contributed by atoms with Crippen LogP contribution in [-0.4, -0.2) is 25.0 Å². The lowest BCUT2D eigenvalue weighted by atomic mass is 9.93. The Labute approximate surface area is 140 Å². The molecular formula is C16H13BrFNO4. The molecule has 0 unspecified atom stereocenters. The molecule has 5 nitrogen and oxygen atoms in total. The second-order valence-electron chi connectivity index (χ2n) is 5.65. The van der Waals surface area contributed by atoms with Crippen molar-refractivity contribution < 1.29 is 23.5 Å². The van der Waals surface area contributed by atoms with Crippen molar-refractivity contribution in [2.24, 2.45) is 0 Å². The lowest BCUT2D eigenvalue weighted by molar-refractivity contribution is -0.120. The second-order valence-corrected chi connectivity index (χ2v) is 6.51. The summed E-state index contributed by atoms with van der Waals surface area (Å²) in [5.41, 5.74) is 0.871. The molecule has 1 aliphatic carbocycles. The smallest absolute Gasteiger partial charge is 0.261 e. The Hall–Kier alpha value is -1.89. The van der Waals surface area contributed by atoms with Crippen LogP contribution in [0.3, 0.4) is 0 Å². The molecule has 1 aromatic carbocycles. The van der Waals surface area contributed by atoms with Gasteiger partial charge >= 0.3 is 0 Å². The first kappa shape index (κ1) is 14.7. The molecule has 2 amide bonds. The Morgan fingerprint density at radius 2 is 1.57 bits per heavy atom. The monoisotopic (exact) mass is 381 g/mol. The minimum absolute atomic E-state index is 0.102. The van der Waals surface area contributed by atoms with Crippen molar-refractivity contribution in [3.63, 3.8) is 0 Å². The van der Waals surface area contributed by atoms with Crippen LogP contribution in [0, 0.1) is 5.82 Å². The molecule has 1 aromatic rings. The van der Waals surface area contributed by atoms with Crippen molar-refractivity contribution in [3.8, 4) is 11.5 Å². The van der Waals surface area contributed by atoms with Gasteiger partial charge in [-0.05, 0) is 47.7 Å². The van der Waals surface area contributed by atoms with Gasteiger partial charge in [-0.15, -0.1) is 0 Å². The van der Waals surface area contributed by atoms with Crippen LogP contribution in [-0.2, 0) is 9.59 Å².